The van der Waals surface area contributed by atoms with Crippen molar-refractivity contribution in [3.63, 3.8) is 0 Å². The average Bonchev–Trinajstić information content (AvgIpc) is 3.36. The highest BCUT2D eigenvalue weighted by Gasteiger charge is 2.21. The minimum atomic E-state index is -0.410. The molecular weight excluding hydrogens is 540 g/mol. The van der Waals surface area contributed by atoms with Gasteiger partial charge in [0.1, 0.15) is 4.60 Å². The second-order valence-electron chi connectivity index (χ2n) is 8.24. The first-order chi connectivity index (χ1) is 17.5. The van der Waals surface area contributed by atoms with Crippen molar-refractivity contribution in [1.29, 1.82) is 0 Å². The van der Waals surface area contributed by atoms with Crippen LogP contribution in [-0.4, -0.2) is 54.3 Å². The van der Waals surface area contributed by atoms with Crippen LogP contribution < -0.4 is 0 Å². The molecule has 0 aliphatic carbocycles. The van der Waals surface area contributed by atoms with Crippen molar-refractivity contribution in [3.05, 3.63) is 70.0 Å². The molecule has 0 aliphatic heterocycles. The summed E-state index contributed by atoms with van der Waals surface area (Å²) < 4.78 is 14.1. The third kappa shape index (κ3) is 5.61. The van der Waals surface area contributed by atoms with E-state index in [1.807, 2.05) is 27.7 Å². The van der Waals surface area contributed by atoms with E-state index in [9.17, 15) is 9.59 Å². The van der Waals surface area contributed by atoms with Crippen LogP contribution in [0, 0.1) is 13.8 Å². The Morgan fingerprint density at radius 3 is 1.92 bits per heavy atom. The van der Waals surface area contributed by atoms with Crippen LogP contribution in [0.5, 0.6) is 0 Å². The molecule has 4 heterocycles. The standard InChI is InChI=1S/C13H14BrN3O2.C13H15N3O2/c1-5-19-13(18)9-6-15-17-11(14)8(4)16-12(17)10(9)7(2)3;1-5-18-13(17)10-6-14-16-7-9(4)15-12(16)11(10)8(2)3/h6H,2,5H2,1,3-4H3;6-7H,2,5H2,1,3-4H3. The van der Waals surface area contributed by atoms with Gasteiger partial charge in [0, 0.05) is 11.1 Å². The van der Waals surface area contributed by atoms with E-state index in [1.165, 1.54) is 12.4 Å². The number of fused-ring (bicyclic) bond motifs is 2. The maximum Gasteiger partial charge on any atom is 0.340 e. The molecule has 4 aromatic rings. The van der Waals surface area contributed by atoms with Gasteiger partial charge in [0.2, 0.25) is 0 Å². The lowest BCUT2D eigenvalue weighted by atomic mass is 10.1. The van der Waals surface area contributed by atoms with Crippen molar-refractivity contribution in [2.24, 2.45) is 0 Å². The smallest absolute Gasteiger partial charge is 0.340 e. The van der Waals surface area contributed by atoms with Gasteiger partial charge in [0.05, 0.1) is 54.3 Å². The first-order valence-corrected chi connectivity index (χ1v) is 12.4. The predicted molar refractivity (Wildman–Crippen MR) is 144 cm³/mol. The van der Waals surface area contributed by atoms with Gasteiger partial charge in [-0.2, -0.15) is 10.2 Å². The molecule has 37 heavy (non-hydrogen) atoms. The molecule has 0 aromatic carbocycles. The van der Waals surface area contributed by atoms with Gasteiger partial charge in [0.25, 0.3) is 0 Å². The minimum absolute atomic E-state index is 0.316. The van der Waals surface area contributed by atoms with Crippen molar-refractivity contribution < 1.29 is 19.1 Å². The van der Waals surface area contributed by atoms with Crippen molar-refractivity contribution in [1.82, 2.24) is 29.2 Å². The molecule has 0 aliphatic rings. The number of aromatic nitrogens is 6. The summed E-state index contributed by atoms with van der Waals surface area (Å²) in [6, 6.07) is 0. The van der Waals surface area contributed by atoms with E-state index < -0.39 is 11.9 Å². The van der Waals surface area contributed by atoms with Crippen LogP contribution in [0.15, 0.2) is 36.4 Å². The van der Waals surface area contributed by atoms with Crippen LogP contribution in [0.25, 0.3) is 22.4 Å². The average molecular weight is 569 g/mol. The zero-order valence-electron chi connectivity index (χ0n) is 21.8. The van der Waals surface area contributed by atoms with E-state index in [0.717, 1.165) is 27.1 Å². The van der Waals surface area contributed by atoms with E-state index in [4.69, 9.17) is 9.47 Å². The van der Waals surface area contributed by atoms with Crippen molar-refractivity contribution >= 4 is 50.3 Å². The fourth-order valence-electron chi connectivity index (χ4n) is 3.68. The summed E-state index contributed by atoms with van der Waals surface area (Å²) in [4.78, 5) is 32.6. The monoisotopic (exact) mass is 568 g/mol. The molecule has 0 spiro atoms. The van der Waals surface area contributed by atoms with Crippen LogP contribution >= 0.6 is 15.9 Å². The van der Waals surface area contributed by atoms with Crippen molar-refractivity contribution in [2.75, 3.05) is 13.2 Å². The normalized spacial score (nSPS) is 10.7. The van der Waals surface area contributed by atoms with E-state index in [1.54, 1.807) is 29.1 Å². The number of imidazole rings is 2. The number of ether oxygens (including phenoxy) is 2. The highest BCUT2D eigenvalue weighted by atomic mass is 79.9. The van der Waals surface area contributed by atoms with E-state index >= 15 is 0 Å². The molecule has 4 aromatic heterocycles. The van der Waals surface area contributed by atoms with Gasteiger partial charge in [-0.05, 0) is 68.6 Å². The summed E-state index contributed by atoms with van der Waals surface area (Å²) in [5.41, 5.74) is 6.53. The van der Waals surface area contributed by atoms with Crippen molar-refractivity contribution in [3.8, 4) is 0 Å². The zero-order chi connectivity index (χ0) is 27.4. The second kappa shape index (κ2) is 11.5. The van der Waals surface area contributed by atoms with Crippen LogP contribution in [-0.2, 0) is 9.47 Å². The first-order valence-electron chi connectivity index (χ1n) is 11.6. The lowest BCUT2D eigenvalue weighted by Crippen LogP contribution is -2.10. The van der Waals surface area contributed by atoms with Gasteiger partial charge in [-0.25, -0.2) is 28.6 Å². The topological polar surface area (TPSA) is 113 Å². The largest absolute Gasteiger partial charge is 0.462 e. The van der Waals surface area contributed by atoms with Crippen LogP contribution in [0.4, 0.5) is 0 Å². The molecule has 0 saturated carbocycles. The maximum absolute atomic E-state index is 12.0. The van der Waals surface area contributed by atoms with E-state index in [0.29, 0.717) is 46.8 Å². The maximum atomic E-state index is 12.0. The number of rotatable bonds is 6. The first kappa shape index (κ1) is 27.7. The molecule has 11 heteroatoms. The lowest BCUT2D eigenvalue weighted by molar-refractivity contribution is 0.0515. The van der Waals surface area contributed by atoms with Gasteiger partial charge >= 0.3 is 11.9 Å². The van der Waals surface area contributed by atoms with Gasteiger partial charge < -0.3 is 9.47 Å². The molecule has 4 rings (SSSR count). The van der Waals surface area contributed by atoms with Crippen LogP contribution in [0.1, 0.15) is 70.9 Å². The Kier molecular flexibility index (Phi) is 8.59. The van der Waals surface area contributed by atoms with E-state index in [2.05, 4.69) is 49.3 Å². The summed E-state index contributed by atoms with van der Waals surface area (Å²) >= 11 is 3.42. The summed E-state index contributed by atoms with van der Waals surface area (Å²) in [6.45, 7) is 19.4. The summed E-state index contributed by atoms with van der Waals surface area (Å²) in [5, 5.41) is 8.37. The Morgan fingerprint density at radius 2 is 1.41 bits per heavy atom. The molecule has 0 N–H and O–H groups in total. The Labute approximate surface area is 223 Å². The number of hydrogen-bond acceptors (Lipinski definition) is 8. The molecule has 0 radical (unpaired) electrons. The number of aryl methyl sites for hydroxylation is 2. The number of hydrogen-bond donors (Lipinski definition) is 0. The molecule has 0 atom stereocenters. The zero-order valence-corrected chi connectivity index (χ0v) is 23.3. The third-order valence-electron chi connectivity index (χ3n) is 5.21. The lowest BCUT2D eigenvalue weighted by Gasteiger charge is -2.09. The molecule has 194 valence electrons. The number of allylic oxidation sites excluding steroid dienone is 2. The van der Waals surface area contributed by atoms with E-state index in [-0.39, 0.29) is 0 Å². The number of carbonyl (C=O) groups excluding carboxylic acids is 2. The molecule has 0 saturated heterocycles. The van der Waals surface area contributed by atoms with Crippen LogP contribution in [0.2, 0.25) is 0 Å². The summed E-state index contributed by atoms with van der Waals surface area (Å²) in [6.07, 6.45) is 4.79. The van der Waals surface area contributed by atoms with Crippen molar-refractivity contribution in [2.45, 2.75) is 41.5 Å². The number of halogens is 1. The minimum Gasteiger partial charge on any atom is -0.462 e. The molecular formula is C26H29BrN6O4. The quantitative estimate of drug-likeness (QED) is 0.289. The predicted octanol–water partition coefficient (Wildman–Crippen LogP) is 5.26. The van der Waals surface area contributed by atoms with Gasteiger partial charge in [0.15, 0.2) is 11.3 Å². The molecule has 0 amide bonds. The molecule has 0 unspecified atom stereocenters. The van der Waals surface area contributed by atoms with Gasteiger partial charge in [-0.1, -0.05) is 13.2 Å². The fourth-order valence-corrected chi connectivity index (χ4v) is 4.03. The van der Waals surface area contributed by atoms with Gasteiger partial charge in [-0.3, -0.25) is 0 Å². The number of carbonyl (C=O) groups is 2. The molecule has 0 fully saturated rings. The fraction of sp³-hybridized carbons (Fsp3) is 0.308. The number of esters is 2. The third-order valence-corrected chi connectivity index (χ3v) is 6.12. The molecule has 10 nitrogen and oxygen atoms in total. The second-order valence-corrected chi connectivity index (χ2v) is 8.99. The number of nitrogens with zero attached hydrogens (tertiary/aromatic N) is 6. The van der Waals surface area contributed by atoms with Gasteiger partial charge in [-0.15, -0.1) is 0 Å². The highest BCUT2D eigenvalue weighted by Crippen LogP contribution is 2.26. The highest BCUT2D eigenvalue weighted by molar-refractivity contribution is 9.10. The molecule has 0 bridgehead atoms. The Bertz CT molecular complexity index is 1540. The van der Waals surface area contributed by atoms with Crippen LogP contribution in [0.3, 0.4) is 0 Å². The summed E-state index contributed by atoms with van der Waals surface area (Å²) in [7, 11) is 0. The Morgan fingerprint density at radius 1 is 0.892 bits per heavy atom. The SMILES string of the molecule is C=C(C)c1c(C(=O)OCC)cnn2c(Br)c(C)nc12.C=C(C)c1c(C(=O)OCC)cnn2cc(C)nc12. The Balaban J connectivity index is 0.000000206. The summed E-state index contributed by atoms with van der Waals surface area (Å²) in [5.74, 6) is -0.807. The Hall–Kier alpha value is -3.86.